The number of ether oxygens (including phenoxy) is 5. The predicted molar refractivity (Wildman–Crippen MR) is 182 cm³/mol. The van der Waals surface area contributed by atoms with Gasteiger partial charge in [-0.3, -0.25) is 4.79 Å². The molecule has 5 rings (SSSR count). The predicted octanol–water partition coefficient (Wildman–Crippen LogP) is 0.823. The number of rotatable bonds is 10. The molecule has 2 aromatic carbocycles. The van der Waals surface area contributed by atoms with Crippen molar-refractivity contribution in [3.05, 3.63) is 69.8 Å². The van der Waals surface area contributed by atoms with E-state index in [1.807, 2.05) is 33.8 Å². The molecule has 52 heavy (non-hydrogen) atoms. The Morgan fingerprint density at radius 3 is 2.08 bits per heavy atom. The lowest BCUT2D eigenvalue weighted by atomic mass is 9.89. The minimum Gasteiger partial charge on any atom is -0.508 e. The van der Waals surface area contributed by atoms with Crippen LogP contribution in [0, 0.1) is 0 Å². The summed E-state index contributed by atoms with van der Waals surface area (Å²) in [5.41, 5.74) is 2.60. The molecule has 0 bridgehead atoms. The van der Waals surface area contributed by atoms with Crippen LogP contribution in [-0.2, 0) is 27.1 Å². The molecule has 15 nitrogen and oxygen atoms in total. The number of carbonyl (C=O) groups is 1. The maximum absolute atomic E-state index is 14.5. The van der Waals surface area contributed by atoms with Gasteiger partial charge in [-0.1, -0.05) is 29.4 Å². The molecule has 0 aliphatic carbocycles. The summed E-state index contributed by atoms with van der Waals surface area (Å²) in [5.74, 6) is -1.69. The van der Waals surface area contributed by atoms with Crippen molar-refractivity contribution in [2.75, 3.05) is 6.61 Å². The second kappa shape index (κ2) is 16.2. The Hall–Kier alpha value is -3.61. The minimum atomic E-state index is -1.78. The van der Waals surface area contributed by atoms with Crippen molar-refractivity contribution in [2.24, 2.45) is 0 Å². The number of allylic oxidation sites excluding steroid dienone is 4. The van der Waals surface area contributed by atoms with E-state index in [9.17, 15) is 50.8 Å². The van der Waals surface area contributed by atoms with Gasteiger partial charge in [0.15, 0.2) is 18.5 Å². The van der Waals surface area contributed by atoms with Gasteiger partial charge in [0.05, 0.1) is 12.7 Å². The zero-order valence-corrected chi connectivity index (χ0v) is 29.5. The second-order valence-electron chi connectivity index (χ2n) is 13.9. The molecule has 3 heterocycles. The fraction of sp³-hybridized carbons (Fsp3) is 0.541. The molecule has 2 aromatic rings. The van der Waals surface area contributed by atoms with Crippen molar-refractivity contribution in [3.8, 4) is 23.0 Å². The fourth-order valence-corrected chi connectivity index (χ4v) is 6.30. The Bertz CT molecular complexity index is 1660. The van der Waals surface area contributed by atoms with E-state index in [4.69, 9.17) is 23.7 Å². The molecule has 15 heteroatoms. The zero-order chi connectivity index (χ0) is 38.2. The number of Topliss-reactive ketones (excluding diaryl/α,β-unsaturated/α-hetero) is 1. The second-order valence-corrected chi connectivity index (χ2v) is 13.9. The third-order valence-electron chi connectivity index (χ3n) is 9.40. The van der Waals surface area contributed by atoms with Crippen molar-refractivity contribution in [3.63, 3.8) is 0 Å². The largest absolute Gasteiger partial charge is 0.508 e. The molecule has 2 fully saturated rings. The third-order valence-corrected chi connectivity index (χ3v) is 9.40. The molecule has 0 spiro atoms. The van der Waals surface area contributed by atoms with Crippen LogP contribution in [-0.4, -0.2) is 126 Å². The number of fused-ring (bicyclic) bond motifs is 1. The summed E-state index contributed by atoms with van der Waals surface area (Å²) in [5, 5.41) is 94.6. The molecule has 2 saturated heterocycles. The first-order chi connectivity index (χ1) is 24.5. The summed E-state index contributed by atoms with van der Waals surface area (Å²) in [4.78, 5) is 14.5. The van der Waals surface area contributed by atoms with Gasteiger partial charge in [-0.25, -0.2) is 0 Å². The van der Waals surface area contributed by atoms with Gasteiger partial charge in [-0.2, -0.15) is 0 Å². The lowest BCUT2D eigenvalue weighted by molar-refractivity contribution is -0.304. The molecular formula is C37H48O15. The summed E-state index contributed by atoms with van der Waals surface area (Å²) in [7, 11) is 0. The monoisotopic (exact) mass is 732 g/mol. The lowest BCUT2D eigenvalue weighted by Gasteiger charge is -2.42. The van der Waals surface area contributed by atoms with Gasteiger partial charge < -0.3 is 69.6 Å². The SMILES string of the molecule is CC(C)=CCc1cc([C@H]2Oc3c(CC=C(C)C)c(O[C@@H]4O[C@H](CO)[C@@H](O)[C@H](O)[C@H]4O)cc(O)c3C(=O)[C@@H]2O[C@@H]2O[C@@H](C)[C@H](O)[C@@H](O)[C@H]2O)ccc1O. The number of aliphatic hydroxyl groups excluding tert-OH is 7. The van der Waals surface area contributed by atoms with Crippen LogP contribution >= 0.6 is 0 Å². The van der Waals surface area contributed by atoms with E-state index in [0.29, 0.717) is 17.5 Å². The molecular weight excluding hydrogens is 684 g/mol. The molecule has 0 aromatic heterocycles. The first kappa shape index (κ1) is 39.6. The Labute approximate surface area is 300 Å². The average Bonchev–Trinajstić information content (AvgIpc) is 3.09. The smallest absolute Gasteiger partial charge is 0.229 e. The molecule has 12 atom stereocenters. The average molecular weight is 733 g/mol. The highest BCUT2D eigenvalue weighted by Crippen LogP contribution is 2.48. The Balaban J connectivity index is 1.64. The topological polar surface area (TPSA) is 245 Å². The number of hydrogen-bond acceptors (Lipinski definition) is 15. The maximum Gasteiger partial charge on any atom is 0.229 e. The van der Waals surface area contributed by atoms with Crippen molar-refractivity contribution in [1.82, 2.24) is 0 Å². The van der Waals surface area contributed by atoms with E-state index in [2.05, 4.69) is 0 Å². The maximum atomic E-state index is 14.5. The van der Waals surface area contributed by atoms with E-state index < -0.39 is 91.8 Å². The Kier molecular flexibility index (Phi) is 12.3. The highest BCUT2D eigenvalue weighted by atomic mass is 16.7. The number of phenols is 2. The van der Waals surface area contributed by atoms with Gasteiger partial charge >= 0.3 is 0 Å². The minimum absolute atomic E-state index is 0.0182. The van der Waals surface area contributed by atoms with Gasteiger partial charge in [0, 0.05) is 11.6 Å². The van der Waals surface area contributed by atoms with Crippen LogP contribution in [0.4, 0.5) is 0 Å². The number of ketones is 1. The van der Waals surface area contributed by atoms with Crippen LogP contribution in [0.25, 0.3) is 0 Å². The number of aromatic hydroxyl groups is 2. The van der Waals surface area contributed by atoms with Crippen molar-refractivity contribution in [1.29, 1.82) is 0 Å². The fourth-order valence-electron chi connectivity index (χ4n) is 6.30. The van der Waals surface area contributed by atoms with E-state index in [1.54, 1.807) is 12.1 Å². The molecule has 0 amide bonds. The van der Waals surface area contributed by atoms with Gasteiger partial charge in [0.1, 0.15) is 71.3 Å². The van der Waals surface area contributed by atoms with E-state index >= 15 is 0 Å². The Morgan fingerprint density at radius 2 is 1.42 bits per heavy atom. The Morgan fingerprint density at radius 1 is 0.788 bits per heavy atom. The van der Waals surface area contributed by atoms with Gasteiger partial charge in [-0.05, 0) is 70.7 Å². The van der Waals surface area contributed by atoms with Gasteiger partial charge in [0.25, 0.3) is 0 Å². The molecule has 3 aliphatic rings. The summed E-state index contributed by atoms with van der Waals surface area (Å²) in [6.07, 6.45) is -14.4. The summed E-state index contributed by atoms with van der Waals surface area (Å²) < 4.78 is 29.8. The number of phenolic OH excluding ortho intramolecular Hbond substituents is 2. The molecule has 0 unspecified atom stereocenters. The van der Waals surface area contributed by atoms with Gasteiger partial charge in [0.2, 0.25) is 12.1 Å². The number of aliphatic hydroxyl groups is 7. The first-order valence-corrected chi connectivity index (χ1v) is 17.0. The molecule has 0 saturated carbocycles. The summed E-state index contributed by atoms with van der Waals surface area (Å²) in [6.45, 7) is 8.21. The van der Waals surface area contributed by atoms with E-state index in [-0.39, 0.29) is 34.8 Å². The van der Waals surface area contributed by atoms with Crippen LogP contribution in [0.3, 0.4) is 0 Å². The van der Waals surface area contributed by atoms with Crippen molar-refractivity contribution in [2.45, 2.75) is 121 Å². The lowest BCUT2D eigenvalue weighted by Crippen LogP contribution is -2.60. The number of benzene rings is 2. The van der Waals surface area contributed by atoms with Crippen molar-refractivity contribution >= 4 is 5.78 Å². The normalized spacial score (nSPS) is 33.1. The molecule has 286 valence electrons. The zero-order valence-electron chi connectivity index (χ0n) is 29.5. The van der Waals surface area contributed by atoms with Crippen LogP contribution in [0.15, 0.2) is 47.6 Å². The van der Waals surface area contributed by atoms with Crippen LogP contribution in [0.5, 0.6) is 23.0 Å². The first-order valence-electron chi connectivity index (χ1n) is 17.0. The third kappa shape index (κ3) is 7.99. The molecule has 0 radical (unpaired) electrons. The molecule has 9 N–H and O–H groups in total. The highest BCUT2D eigenvalue weighted by Gasteiger charge is 2.50. The van der Waals surface area contributed by atoms with Crippen LogP contribution in [0.1, 0.15) is 67.8 Å². The molecule has 3 aliphatic heterocycles. The van der Waals surface area contributed by atoms with Crippen molar-refractivity contribution < 1.29 is 74.4 Å². The van der Waals surface area contributed by atoms with Crippen LogP contribution in [0.2, 0.25) is 0 Å². The van der Waals surface area contributed by atoms with E-state index in [0.717, 1.165) is 17.2 Å². The van der Waals surface area contributed by atoms with E-state index in [1.165, 1.54) is 19.1 Å². The summed E-state index contributed by atoms with van der Waals surface area (Å²) >= 11 is 0. The van der Waals surface area contributed by atoms with Crippen LogP contribution < -0.4 is 9.47 Å². The number of carbonyl (C=O) groups excluding carboxylic acids is 1. The quantitative estimate of drug-likeness (QED) is 0.154. The highest BCUT2D eigenvalue weighted by molar-refractivity contribution is 6.06. The standard InChI is InChI=1S/C37H48O15/c1-15(2)6-8-18-12-19(9-11-21(18)39)33-35(52-36-31(46)29(44)26(41)17(5)48-36)28(43)25-22(40)13-23(20(34(25)51-33)10-7-16(3)4)49-37-32(47)30(45)27(42)24(14-38)50-37/h6-7,9,11-13,17,24,26-27,29-33,35-42,44-47H,8,10,14H2,1-5H3/t17-,24+,26-,27+,29+,30-,31+,32+,33+,35-,36-,37+/m0/s1. The van der Waals surface area contributed by atoms with Gasteiger partial charge in [-0.15, -0.1) is 0 Å². The summed E-state index contributed by atoms with van der Waals surface area (Å²) in [6, 6.07) is 5.67. The number of hydrogen-bond donors (Lipinski definition) is 9.